The maximum atomic E-state index is 12.5. The molecule has 1 N–H and O–H groups in total. The molecule has 0 radical (unpaired) electrons. The van der Waals surface area contributed by atoms with E-state index in [1.54, 1.807) is 47.0 Å². The number of fused-ring (bicyclic) bond motifs is 1. The molecule has 0 bridgehead atoms. The summed E-state index contributed by atoms with van der Waals surface area (Å²) < 4.78 is 15.6. The van der Waals surface area contributed by atoms with Crippen molar-refractivity contribution in [3.8, 4) is 5.75 Å². The fourth-order valence-corrected chi connectivity index (χ4v) is 3.60. The highest BCUT2D eigenvalue weighted by Crippen LogP contribution is 2.33. The largest absolute Gasteiger partial charge is 0.586 e. The minimum Gasteiger partial charge on any atom is -0.532 e. The number of rotatable bonds is 6. The van der Waals surface area contributed by atoms with Crippen LogP contribution in [0, 0.1) is 5.41 Å². The van der Waals surface area contributed by atoms with Crippen molar-refractivity contribution in [3.05, 3.63) is 29.3 Å². The molecule has 1 aliphatic rings. The Balaban J connectivity index is 2.15. The number of ether oxygens (including phenoxy) is 2. The lowest BCUT2D eigenvalue weighted by Crippen LogP contribution is -2.64. The molecule has 1 unspecified atom stereocenters. The van der Waals surface area contributed by atoms with Gasteiger partial charge in [0.2, 0.25) is 6.79 Å². The van der Waals surface area contributed by atoms with Crippen LogP contribution in [0.2, 0.25) is 0 Å². The van der Waals surface area contributed by atoms with Crippen LogP contribution in [0.25, 0.3) is 0 Å². The number of amides is 1. The van der Waals surface area contributed by atoms with E-state index in [1.165, 1.54) is 17.8 Å². The van der Waals surface area contributed by atoms with E-state index >= 15 is 0 Å². The summed E-state index contributed by atoms with van der Waals surface area (Å²) in [5, 5.41) is 10.6. The molecular weight excluding hydrogens is 409 g/mol. The monoisotopic (exact) mass is 438 g/mol. The van der Waals surface area contributed by atoms with Crippen molar-refractivity contribution in [3.63, 3.8) is 0 Å². The average molecular weight is 438 g/mol. The van der Waals surface area contributed by atoms with E-state index in [0.717, 1.165) is 0 Å². The zero-order chi connectivity index (χ0) is 22.7. The third-order valence-electron chi connectivity index (χ3n) is 5.05. The van der Waals surface area contributed by atoms with Gasteiger partial charge in [-0.15, -0.1) is 0 Å². The first-order chi connectivity index (χ1) is 13.9. The number of quaternary nitrogens is 1. The van der Waals surface area contributed by atoms with Gasteiger partial charge in [0.1, 0.15) is 23.0 Å². The molecule has 10 heteroatoms. The van der Waals surface area contributed by atoms with Crippen molar-refractivity contribution in [1.29, 1.82) is 0 Å². The molecule has 0 aliphatic carbocycles. The molecule has 164 valence electrons. The van der Waals surface area contributed by atoms with Crippen molar-refractivity contribution in [1.82, 2.24) is 0 Å². The second-order valence-electron chi connectivity index (χ2n) is 8.67. The highest BCUT2D eigenvalue weighted by molar-refractivity contribution is 7.99. The summed E-state index contributed by atoms with van der Waals surface area (Å²) in [4.78, 5) is 36.8. The number of benzene rings is 1. The minimum absolute atomic E-state index is 0.0326. The molecule has 1 aromatic rings. The van der Waals surface area contributed by atoms with Gasteiger partial charge < -0.3 is 19.2 Å². The molecule has 0 saturated carbocycles. The number of nitrogens with zero attached hydrogens (tertiary/aromatic N) is 1. The molecule has 1 aliphatic heterocycles. The molecule has 0 fully saturated rings. The molecule has 30 heavy (non-hydrogen) atoms. The predicted molar refractivity (Wildman–Crippen MR) is 114 cm³/mol. The van der Waals surface area contributed by atoms with Crippen LogP contribution in [0.15, 0.2) is 18.2 Å². The summed E-state index contributed by atoms with van der Waals surface area (Å²) in [5.41, 5.74) is 0.103. The molecule has 1 aromatic carbocycles. The van der Waals surface area contributed by atoms with Crippen LogP contribution in [0.1, 0.15) is 36.7 Å². The van der Waals surface area contributed by atoms with Gasteiger partial charge in [-0.2, -0.15) is 11.8 Å². The van der Waals surface area contributed by atoms with Gasteiger partial charge in [-0.3, -0.25) is 9.28 Å². The molecule has 1 heterocycles. The smallest absolute Gasteiger partial charge is 0.532 e. The van der Waals surface area contributed by atoms with Gasteiger partial charge in [0, 0.05) is 6.42 Å². The number of likely N-dealkylation sites (N-methyl/N-ethyl adjacent to an activating group) is 1. The highest BCUT2D eigenvalue weighted by Gasteiger charge is 2.49. The van der Waals surface area contributed by atoms with Crippen LogP contribution in [-0.4, -0.2) is 73.3 Å². The molecule has 2 rings (SSSR count). The summed E-state index contributed by atoms with van der Waals surface area (Å²) in [7, 11) is 2.20. The van der Waals surface area contributed by atoms with E-state index in [4.69, 9.17) is 14.1 Å². The molecular formula is C20H29BNO7S+. The number of para-hydroxylation sites is 1. The van der Waals surface area contributed by atoms with Gasteiger partial charge in [-0.1, -0.05) is 12.1 Å². The van der Waals surface area contributed by atoms with Crippen molar-refractivity contribution in [2.75, 3.05) is 32.9 Å². The van der Waals surface area contributed by atoms with Crippen LogP contribution in [0.5, 0.6) is 5.75 Å². The van der Waals surface area contributed by atoms with E-state index in [0.29, 0.717) is 17.7 Å². The van der Waals surface area contributed by atoms with Gasteiger partial charge in [0.15, 0.2) is 0 Å². The summed E-state index contributed by atoms with van der Waals surface area (Å²) in [6.07, 6.45) is 2.20. The van der Waals surface area contributed by atoms with E-state index < -0.39 is 37.2 Å². The normalized spacial score (nSPS) is 16.4. The Morgan fingerprint density at radius 3 is 2.53 bits per heavy atom. The van der Waals surface area contributed by atoms with Gasteiger partial charge in [-0.05, 0) is 38.7 Å². The van der Waals surface area contributed by atoms with Gasteiger partial charge in [-0.25, -0.2) is 9.59 Å². The highest BCUT2D eigenvalue weighted by atomic mass is 32.2. The van der Waals surface area contributed by atoms with Crippen LogP contribution < -0.4 is 4.65 Å². The Bertz CT molecular complexity index is 822. The first kappa shape index (κ1) is 24.2. The second-order valence-corrected chi connectivity index (χ2v) is 9.54. The zero-order valence-electron chi connectivity index (χ0n) is 18.3. The number of hydrogen-bond acceptors (Lipinski definition) is 8. The summed E-state index contributed by atoms with van der Waals surface area (Å²) in [5.74, 6) is -1.24. The number of hydrogen-bond donors (Lipinski definition) is 1. The summed E-state index contributed by atoms with van der Waals surface area (Å²) in [6, 6.07) is 4.97. The number of carbonyl (C=O) groups is 3. The van der Waals surface area contributed by atoms with E-state index in [9.17, 15) is 19.4 Å². The fraction of sp³-hybridized carbons (Fsp3) is 0.550. The molecule has 1 amide bonds. The van der Waals surface area contributed by atoms with Crippen molar-refractivity contribution in [2.45, 2.75) is 33.1 Å². The predicted octanol–water partition coefficient (Wildman–Crippen LogP) is 1.68. The SMILES string of the molecule is CSCC(=O)[N+](C)(C)C1Cc2cccc(C(=O)OCOC(=O)C(C)(C)C)c2OB1O. The molecule has 0 spiro atoms. The fourth-order valence-electron chi connectivity index (χ4n) is 3.02. The van der Waals surface area contributed by atoms with Crippen LogP contribution in [0.3, 0.4) is 0 Å². The number of thioether (sulfide) groups is 1. The Morgan fingerprint density at radius 1 is 1.27 bits per heavy atom. The topological polar surface area (TPSA) is 99.1 Å². The maximum Gasteiger partial charge on any atom is 0.586 e. The summed E-state index contributed by atoms with van der Waals surface area (Å²) in [6.45, 7) is 4.57. The lowest BCUT2D eigenvalue weighted by Gasteiger charge is -2.38. The lowest BCUT2D eigenvalue weighted by atomic mass is 9.70. The van der Waals surface area contributed by atoms with Gasteiger partial charge in [0.25, 0.3) is 0 Å². The number of esters is 2. The Labute approximate surface area is 181 Å². The Morgan fingerprint density at radius 2 is 1.93 bits per heavy atom. The number of carbonyl (C=O) groups excluding carboxylic acids is 3. The maximum absolute atomic E-state index is 12.5. The second kappa shape index (κ2) is 9.41. The van der Waals surface area contributed by atoms with E-state index in [1.807, 2.05) is 6.26 Å². The summed E-state index contributed by atoms with van der Waals surface area (Å²) >= 11 is 1.42. The molecule has 0 aromatic heterocycles. The van der Waals surface area contributed by atoms with Crippen molar-refractivity contribution in [2.24, 2.45) is 5.41 Å². The van der Waals surface area contributed by atoms with E-state index in [-0.39, 0.29) is 21.7 Å². The van der Waals surface area contributed by atoms with Crippen LogP contribution >= 0.6 is 11.8 Å². The quantitative estimate of drug-likeness (QED) is 0.310. The van der Waals surface area contributed by atoms with Gasteiger partial charge in [0.05, 0.1) is 19.5 Å². The lowest BCUT2D eigenvalue weighted by molar-refractivity contribution is -0.828. The standard InChI is InChI=1S/C20H29BNO7S/c1-20(2,3)19(25)28-12-27-18(24)14-9-7-8-13-10-15(21(26)29-17(13)14)22(4,5)16(23)11-30-6/h7-9,15,26H,10-12H2,1-6H3/q+1. The van der Waals surface area contributed by atoms with Crippen molar-refractivity contribution < 1.29 is 38.0 Å². The Hall–Kier alpha value is -2.04. The molecule has 8 nitrogen and oxygen atoms in total. The first-order valence-electron chi connectivity index (χ1n) is 9.56. The molecule has 0 saturated heterocycles. The van der Waals surface area contributed by atoms with Crippen molar-refractivity contribution >= 4 is 36.7 Å². The third-order valence-corrected chi connectivity index (χ3v) is 5.58. The zero-order valence-corrected chi connectivity index (χ0v) is 19.1. The van der Waals surface area contributed by atoms with Gasteiger partial charge >= 0.3 is 25.0 Å². The Kier molecular flexibility index (Phi) is 7.60. The minimum atomic E-state index is -1.27. The molecule has 1 atom stereocenters. The van der Waals surface area contributed by atoms with Crippen LogP contribution in [-0.2, 0) is 25.5 Å². The third kappa shape index (κ3) is 5.36. The average Bonchev–Trinajstić information content (AvgIpc) is 2.66. The first-order valence-corrected chi connectivity index (χ1v) is 11.0. The van der Waals surface area contributed by atoms with E-state index in [2.05, 4.69) is 0 Å². The van der Waals surface area contributed by atoms with Crippen LogP contribution in [0.4, 0.5) is 0 Å².